The molecule has 174 valence electrons. The number of methoxy groups -OCH3 is 1. The summed E-state index contributed by atoms with van der Waals surface area (Å²) in [4.78, 5) is 16.0. The molecule has 1 amide bonds. The summed E-state index contributed by atoms with van der Waals surface area (Å²) in [5, 5.41) is 9.10. The second kappa shape index (κ2) is 8.03. The average Bonchev–Trinajstić information content (AvgIpc) is 3.42. The molecule has 2 bridgehead atoms. The number of rotatable bonds is 6. The van der Waals surface area contributed by atoms with Crippen molar-refractivity contribution in [2.24, 2.45) is 16.7 Å². The molecule has 2 aromatic rings. The molecule has 1 N–H and O–H groups in total. The lowest BCUT2D eigenvalue weighted by Crippen LogP contribution is -2.52. The van der Waals surface area contributed by atoms with Gasteiger partial charge in [0.05, 0.1) is 26.9 Å². The van der Waals surface area contributed by atoms with Crippen LogP contribution in [0.1, 0.15) is 50.5 Å². The highest BCUT2D eigenvalue weighted by molar-refractivity contribution is 6.06. The van der Waals surface area contributed by atoms with E-state index in [2.05, 4.69) is 31.0 Å². The minimum Gasteiger partial charge on any atom is -0.494 e. The van der Waals surface area contributed by atoms with E-state index in [-0.39, 0.29) is 22.8 Å². The summed E-state index contributed by atoms with van der Waals surface area (Å²) in [6.45, 7) is 12.0. The van der Waals surface area contributed by atoms with Gasteiger partial charge in [-0.2, -0.15) is 5.10 Å². The minimum atomic E-state index is -0.0692. The van der Waals surface area contributed by atoms with Crippen molar-refractivity contribution >= 4 is 16.8 Å². The third kappa shape index (κ3) is 3.50. The number of benzene rings is 1. The van der Waals surface area contributed by atoms with Gasteiger partial charge in [0, 0.05) is 31.1 Å². The molecule has 3 fully saturated rings. The Morgan fingerprint density at radius 1 is 1.25 bits per heavy atom. The molecule has 0 unspecified atom stereocenters. The molecular formula is C25H36N4O3. The highest BCUT2D eigenvalue weighted by Gasteiger charge is 2.59. The van der Waals surface area contributed by atoms with Gasteiger partial charge >= 0.3 is 0 Å². The van der Waals surface area contributed by atoms with Crippen LogP contribution in [0.3, 0.4) is 0 Å². The van der Waals surface area contributed by atoms with Gasteiger partial charge in [0.15, 0.2) is 5.69 Å². The van der Waals surface area contributed by atoms with E-state index in [0.29, 0.717) is 18.2 Å². The third-order valence-electron chi connectivity index (χ3n) is 8.44. The first-order valence-corrected chi connectivity index (χ1v) is 12.0. The fraction of sp³-hybridized carbons (Fsp3) is 0.680. The Kier molecular flexibility index (Phi) is 5.45. The molecule has 0 radical (unpaired) electrons. The van der Waals surface area contributed by atoms with Crippen LogP contribution in [0.15, 0.2) is 18.2 Å². The number of carbonyl (C=O) groups excluding carboxylic acids is 1. The highest BCUT2D eigenvalue weighted by Crippen LogP contribution is 2.62. The van der Waals surface area contributed by atoms with E-state index >= 15 is 0 Å². The first kappa shape index (κ1) is 21.7. The summed E-state index contributed by atoms with van der Waals surface area (Å²) in [5.41, 5.74) is 1.68. The van der Waals surface area contributed by atoms with Crippen molar-refractivity contribution in [3.8, 4) is 5.75 Å². The molecule has 7 nitrogen and oxygen atoms in total. The molecular weight excluding hydrogens is 404 g/mol. The number of morpholine rings is 1. The molecule has 7 heteroatoms. The van der Waals surface area contributed by atoms with E-state index in [4.69, 9.17) is 14.6 Å². The van der Waals surface area contributed by atoms with Crippen LogP contribution >= 0.6 is 0 Å². The molecule has 3 atom stereocenters. The van der Waals surface area contributed by atoms with Gasteiger partial charge in [0.1, 0.15) is 11.3 Å². The van der Waals surface area contributed by atoms with Gasteiger partial charge in [0.2, 0.25) is 0 Å². The average molecular weight is 441 g/mol. The first-order chi connectivity index (χ1) is 15.3. The number of hydrogen-bond acceptors (Lipinski definition) is 5. The third-order valence-corrected chi connectivity index (χ3v) is 8.44. The molecule has 1 aromatic heterocycles. The zero-order chi connectivity index (χ0) is 22.5. The number of nitrogens with zero attached hydrogens (tertiary/aromatic N) is 3. The maximum absolute atomic E-state index is 13.6. The lowest BCUT2D eigenvalue weighted by atomic mass is 9.68. The smallest absolute Gasteiger partial charge is 0.272 e. The Hall–Kier alpha value is -2.12. The number of amides is 1. The standard InChI is InChI=1S/C25H36N4O3/c1-24(2)17-8-9-25(3,16-17)23(24)26-22(30)20-18-6-5-7-19(31-4)21(18)29(27-20)11-10-28-12-14-32-15-13-28/h5-7,17,23H,8-16H2,1-4H3,(H,26,30)/t17-,23-,25+/m1/s1. The monoisotopic (exact) mass is 440 g/mol. The summed E-state index contributed by atoms with van der Waals surface area (Å²) >= 11 is 0. The van der Waals surface area contributed by atoms with Crippen molar-refractivity contribution < 1.29 is 14.3 Å². The summed E-state index contributed by atoms with van der Waals surface area (Å²) in [6.07, 6.45) is 3.66. The van der Waals surface area contributed by atoms with Gasteiger partial charge in [-0.05, 0) is 42.1 Å². The van der Waals surface area contributed by atoms with Crippen molar-refractivity contribution in [1.29, 1.82) is 0 Å². The Morgan fingerprint density at radius 2 is 2.03 bits per heavy atom. The summed E-state index contributed by atoms with van der Waals surface area (Å²) in [5.74, 6) is 1.36. The van der Waals surface area contributed by atoms with E-state index in [1.165, 1.54) is 19.3 Å². The van der Waals surface area contributed by atoms with Gasteiger partial charge < -0.3 is 14.8 Å². The van der Waals surface area contributed by atoms with E-state index in [1.807, 2.05) is 22.9 Å². The molecule has 0 spiro atoms. The molecule has 1 saturated heterocycles. The number of carbonyl (C=O) groups is 1. The number of hydrogen-bond donors (Lipinski definition) is 1. The SMILES string of the molecule is COc1cccc2c(C(=O)N[C@@H]3C(C)(C)[C@@H]4CC[C@@]3(C)C4)nn(CCN3CCOCC3)c12. The Morgan fingerprint density at radius 3 is 2.72 bits per heavy atom. The molecule has 5 rings (SSSR count). The van der Waals surface area contributed by atoms with Crippen LogP contribution in [-0.4, -0.2) is 66.6 Å². The number of nitrogens with one attached hydrogen (secondary N) is 1. The van der Waals surface area contributed by atoms with Gasteiger partial charge in [-0.1, -0.05) is 32.9 Å². The number of ether oxygens (including phenoxy) is 2. The topological polar surface area (TPSA) is 68.6 Å². The lowest BCUT2D eigenvalue weighted by molar-refractivity contribution is 0.0361. The van der Waals surface area contributed by atoms with Crippen LogP contribution < -0.4 is 10.1 Å². The summed E-state index contributed by atoms with van der Waals surface area (Å²) in [7, 11) is 1.67. The fourth-order valence-corrected chi connectivity index (χ4v) is 6.62. The van der Waals surface area contributed by atoms with Crippen molar-refractivity contribution in [2.75, 3.05) is 40.0 Å². The van der Waals surface area contributed by atoms with Crippen LogP contribution in [0.5, 0.6) is 5.75 Å². The number of aromatic nitrogens is 2. The van der Waals surface area contributed by atoms with Gasteiger partial charge in [-0.25, -0.2) is 0 Å². The highest BCUT2D eigenvalue weighted by atomic mass is 16.5. The minimum absolute atomic E-state index is 0.0692. The van der Waals surface area contributed by atoms with Crippen LogP contribution in [-0.2, 0) is 11.3 Å². The molecule has 2 heterocycles. The zero-order valence-corrected chi connectivity index (χ0v) is 19.8. The quantitative estimate of drug-likeness (QED) is 0.746. The van der Waals surface area contributed by atoms with Gasteiger partial charge in [-0.3, -0.25) is 14.4 Å². The molecule has 2 aliphatic carbocycles. The molecule has 32 heavy (non-hydrogen) atoms. The van der Waals surface area contributed by atoms with Gasteiger partial charge in [0.25, 0.3) is 5.91 Å². The van der Waals surface area contributed by atoms with E-state index in [0.717, 1.165) is 49.5 Å². The number of fused-ring (bicyclic) bond motifs is 3. The van der Waals surface area contributed by atoms with E-state index < -0.39 is 0 Å². The predicted molar refractivity (Wildman–Crippen MR) is 124 cm³/mol. The van der Waals surface area contributed by atoms with Crippen molar-refractivity contribution in [2.45, 2.75) is 52.6 Å². The fourth-order valence-electron chi connectivity index (χ4n) is 6.62. The molecule has 3 aliphatic rings. The Bertz CT molecular complexity index is 1010. The Balaban J connectivity index is 1.44. The van der Waals surface area contributed by atoms with Gasteiger partial charge in [-0.15, -0.1) is 0 Å². The van der Waals surface area contributed by atoms with Crippen LogP contribution in [0.4, 0.5) is 0 Å². The van der Waals surface area contributed by atoms with E-state index in [9.17, 15) is 4.79 Å². The maximum Gasteiger partial charge on any atom is 0.272 e. The van der Waals surface area contributed by atoms with Crippen molar-refractivity contribution in [1.82, 2.24) is 20.0 Å². The van der Waals surface area contributed by atoms with Crippen molar-refractivity contribution in [3.05, 3.63) is 23.9 Å². The van der Waals surface area contributed by atoms with Crippen LogP contribution in [0.2, 0.25) is 0 Å². The van der Waals surface area contributed by atoms with Crippen molar-refractivity contribution in [3.63, 3.8) is 0 Å². The predicted octanol–water partition coefficient (Wildman–Crippen LogP) is 3.32. The largest absolute Gasteiger partial charge is 0.494 e. The summed E-state index contributed by atoms with van der Waals surface area (Å²) in [6, 6.07) is 6.03. The second-order valence-electron chi connectivity index (χ2n) is 10.7. The molecule has 1 aliphatic heterocycles. The number of para-hydroxylation sites is 1. The molecule has 1 aromatic carbocycles. The zero-order valence-electron chi connectivity index (χ0n) is 19.8. The lowest BCUT2D eigenvalue weighted by Gasteiger charge is -2.43. The summed E-state index contributed by atoms with van der Waals surface area (Å²) < 4.78 is 13.1. The first-order valence-electron chi connectivity index (χ1n) is 12.0. The van der Waals surface area contributed by atoms with Crippen LogP contribution in [0.25, 0.3) is 10.9 Å². The molecule has 2 saturated carbocycles. The van der Waals surface area contributed by atoms with Crippen LogP contribution in [0, 0.1) is 16.7 Å². The second-order valence-corrected chi connectivity index (χ2v) is 10.7. The van der Waals surface area contributed by atoms with E-state index in [1.54, 1.807) is 7.11 Å². The normalized spacial score (nSPS) is 29.5. The Labute approximate surface area is 190 Å². The maximum atomic E-state index is 13.6.